The first kappa shape index (κ1) is 28.3. The van der Waals surface area contributed by atoms with Crippen LogP contribution in [0.4, 0.5) is 0 Å². The highest BCUT2D eigenvalue weighted by Crippen LogP contribution is 2.45. The second-order valence-electron chi connectivity index (χ2n) is 10.3. The lowest BCUT2D eigenvalue weighted by atomic mass is 9.62. The maximum absolute atomic E-state index is 12.6. The predicted octanol–water partition coefficient (Wildman–Crippen LogP) is 5.49. The minimum Gasteiger partial charge on any atom is -0.362 e. The number of carbonyl (C=O) groups excluding carboxylic acids is 2. The van der Waals surface area contributed by atoms with Crippen molar-refractivity contribution in [3.63, 3.8) is 0 Å². The fourth-order valence-corrected chi connectivity index (χ4v) is 5.93. The fourth-order valence-electron chi connectivity index (χ4n) is 5.06. The zero-order valence-electron chi connectivity index (χ0n) is 20.4. The summed E-state index contributed by atoms with van der Waals surface area (Å²) in [6.45, 7) is 7.17. The number of amides is 2. The Hall–Kier alpha value is -2.26. The van der Waals surface area contributed by atoms with Crippen LogP contribution in [0.1, 0.15) is 60.7 Å². The molecule has 36 heavy (non-hydrogen) atoms. The van der Waals surface area contributed by atoms with E-state index in [2.05, 4.69) is 42.0 Å². The van der Waals surface area contributed by atoms with E-state index in [4.69, 9.17) is 47.6 Å². The van der Waals surface area contributed by atoms with Gasteiger partial charge in [-0.1, -0.05) is 68.2 Å². The summed E-state index contributed by atoms with van der Waals surface area (Å²) in [7, 11) is 0. The van der Waals surface area contributed by atoms with E-state index in [9.17, 15) is 9.59 Å². The summed E-state index contributed by atoms with van der Waals surface area (Å²) in [6.07, 6.45) is 2.63. The molecule has 2 aromatic rings. The van der Waals surface area contributed by atoms with Gasteiger partial charge in [-0.05, 0) is 78.8 Å². The molecule has 0 unspecified atom stereocenters. The van der Waals surface area contributed by atoms with Crippen LogP contribution < -0.4 is 21.3 Å². The Kier molecular flexibility index (Phi) is 9.33. The van der Waals surface area contributed by atoms with Crippen molar-refractivity contribution in [2.75, 3.05) is 6.54 Å². The van der Waals surface area contributed by atoms with Crippen LogP contribution in [-0.2, 0) is 0 Å². The smallest absolute Gasteiger partial charge is 0.258 e. The summed E-state index contributed by atoms with van der Waals surface area (Å²) in [5.74, 6) is -0.705. The SMILES string of the molecule is CC1(C)C[C@H](NC(=S)NC(=O)c2ccccc2Cl)C[C@@](C)(CNC(=S)NC(=O)c2ccccc2Cl)C1. The average molecular weight is 566 g/mol. The van der Waals surface area contributed by atoms with E-state index in [1.165, 1.54) is 0 Å². The van der Waals surface area contributed by atoms with Gasteiger partial charge in [0.1, 0.15) is 0 Å². The third-order valence-corrected chi connectivity index (χ3v) is 7.27. The van der Waals surface area contributed by atoms with Crippen LogP contribution in [0.5, 0.6) is 0 Å². The molecule has 1 fully saturated rings. The Labute approximate surface area is 232 Å². The van der Waals surface area contributed by atoms with E-state index >= 15 is 0 Å². The van der Waals surface area contributed by atoms with Gasteiger partial charge in [-0.2, -0.15) is 0 Å². The Morgan fingerprint density at radius 1 is 0.861 bits per heavy atom. The monoisotopic (exact) mass is 564 g/mol. The zero-order chi connectivity index (χ0) is 26.5. The minimum atomic E-state index is -0.355. The number of thiocarbonyl (C=S) groups is 2. The highest BCUT2D eigenvalue weighted by atomic mass is 35.5. The molecule has 192 valence electrons. The first-order chi connectivity index (χ1) is 16.9. The van der Waals surface area contributed by atoms with Crippen LogP contribution in [0.3, 0.4) is 0 Å². The Bertz CT molecular complexity index is 1170. The molecule has 0 aromatic heterocycles. The molecule has 1 aliphatic rings. The van der Waals surface area contributed by atoms with Gasteiger partial charge in [-0.3, -0.25) is 20.2 Å². The number of halogens is 2. The molecule has 0 aliphatic heterocycles. The average Bonchev–Trinajstić information content (AvgIpc) is 2.76. The largest absolute Gasteiger partial charge is 0.362 e. The van der Waals surface area contributed by atoms with Crippen molar-refractivity contribution in [2.45, 2.75) is 46.1 Å². The molecule has 1 saturated carbocycles. The quantitative estimate of drug-likeness (QED) is 0.359. The van der Waals surface area contributed by atoms with Gasteiger partial charge < -0.3 is 10.6 Å². The number of benzene rings is 2. The molecule has 0 saturated heterocycles. The zero-order valence-corrected chi connectivity index (χ0v) is 23.6. The second kappa shape index (κ2) is 11.9. The highest BCUT2D eigenvalue weighted by molar-refractivity contribution is 7.80. The normalized spacial score (nSPS) is 20.6. The van der Waals surface area contributed by atoms with Crippen LogP contribution >= 0.6 is 47.6 Å². The van der Waals surface area contributed by atoms with Crippen LogP contribution in [0.25, 0.3) is 0 Å². The molecule has 2 aromatic carbocycles. The van der Waals surface area contributed by atoms with E-state index in [0.29, 0.717) is 27.7 Å². The predicted molar refractivity (Wildman–Crippen MR) is 154 cm³/mol. The maximum atomic E-state index is 12.6. The van der Waals surface area contributed by atoms with Crippen LogP contribution in [-0.4, -0.2) is 34.6 Å². The number of hydrogen-bond donors (Lipinski definition) is 4. The topological polar surface area (TPSA) is 82.3 Å². The summed E-state index contributed by atoms with van der Waals surface area (Å²) >= 11 is 23.0. The van der Waals surface area contributed by atoms with Gasteiger partial charge in [0.25, 0.3) is 11.8 Å². The molecular weight excluding hydrogens is 535 g/mol. The molecule has 0 radical (unpaired) electrons. The Morgan fingerprint density at radius 2 is 1.36 bits per heavy atom. The molecule has 10 heteroatoms. The Morgan fingerprint density at radius 3 is 1.89 bits per heavy atom. The van der Waals surface area contributed by atoms with Crippen molar-refractivity contribution in [1.82, 2.24) is 21.3 Å². The van der Waals surface area contributed by atoms with Crippen LogP contribution in [0, 0.1) is 10.8 Å². The third-order valence-electron chi connectivity index (χ3n) is 6.15. The summed E-state index contributed by atoms with van der Waals surface area (Å²) < 4.78 is 0. The molecule has 4 N–H and O–H groups in total. The van der Waals surface area contributed by atoms with Crippen molar-refractivity contribution >= 4 is 69.7 Å². The van der Waals surface area contributed by atoms with E-state index in [1.54, 1.807) is 48.5 Å². The molecule has 1 aliphatic carbocycles. The number of nitrogens with one attached hydrogen (secondary N) is 4. The summed E-state index contributed by atoms with van der Waals surface area (Å²) in [5.41, 5.74) is 0.622. The van der Waals surface area contributed by atoms with Gasteiger partial charge in [-0.15, -0.1) is 0 Å². The molecule has 6 nitrogen and oxygen atoms in total. The van der Waals surface area contributed by atoms with Gasteiger partial charge in [0.2, 0.25) is 0 Å². The van der Waals surface area contributed by atoms with Crippen molar-refractivity contribution < 1.29 is 9.59 Å². The van der Waals surface area contributed by atoms with Gasteiger partial charge in [-0.25, -0.2) is 0 Å². The van der Waals surface area contributed by atoms with Crippen LogP contribution in [0.15, 0.2) is 48.5 Å². The molecule has 0 heterocycles. The van der Waals surface area contributed by atoms with E-state index in [0.717, 1.165) is 19.3 Å². The number of carbonyl (C=O) groups is 2. The van der Waals surface area contributed by atoms with E-state index in [-0.39, 0.29) is 38.9 Å². The van der Waals surface area contributed by atoms with Crippen molar-refractivity contribution in [2.24, 2.45) is 10.8 Å². The standard InChI is InChI=1S/C26H30Cl2N4O2S2/c1-25(2)12-16(30-24(36)32-22(34)18-9-5-7-11-20(18)28)13-26(3,14-25)15-29-23(35)31-21(33)17-8-4-6-10-19(17)27/h4-11,16H,12-15H2,1-3H3,(H2,29,31,33,35)(H2,30,32,34,36)/t16-,26+/m0/s1. The first-order valence-corrected chi connectivity index (χ1v) is 13.1. The van der Waals surface area contributed by atoms with Crippen molar-refractivity contribution in [1.29, 1.82) is 0 Å². The van der Waals surface area contributed by atoms with Gasteiger partial charge in [0, 0.05) is 12.6 Å². The summed E-state index contributed by atoms with van der Waals surface area (Å²) in [5, 5.41) is 13.2. The molecule has 2 atom stereocenters. The third kappa shape index (κ3) is 7.87. The maximum Gasteiger partial charge on any atom is 0.258 e. The van der Waals surface area contributed by atoms with Gasteiger partial charge in [0.05, 0.1) is 21.2 Å². The van der Waals surface area contributed by atoms with Crippen molar-refractivity contribution in [3.8, 4) is 0 Å². The highest BCUT2D eigenvalue weighted by Gasteiger charge is 2.41. The molecule has 0 spiro atoms. The van der Waals surface area contributed by atoms with Gasteiger partial charge >= 0.3 is 0 Å². The lowest BCUT2D eigenvalue weighted by molar-refractivity contribution is 0.0797. The van der Waals surface area contributed by atoms with E-state index in [1.807, 2.05) is 0 Å². The van der Waals surface area contributed by atoms with Crippen LogP contribution in [0.2, 0.25) is 10.0 Å². The summed E-state index contributed by atoms with van der Waals surface area (Å²) in [6, 6.07) is 13.7. The van der Waals surface area contributed by atoms with Gasteiger partial charge in [0.15, 0.2) is 10.2 Å². The number of hydrogen-bond acceptors (Lipinski definition) is 4. The summed E-state index contributed by atoms with van der Waals surface area (Å²) in [4.78, 5) is 25.1. The van der Waals surface area contributed by atoms with Crippen molar-refractivity contribution in [3.05, 3.63) is 69.7 Å². The molecule has 0 bridgehead atoms. The number of rotatable bonds is 5. The lowest BCUT2D eigenvalue weighted by Crippen LogP contribution is -2.53. The lowest BCUT2D eigenvalue weighted by Gasteiger charge is -2.47. The Balaban J connectivity index is 1.57. The fraction of sp³-hybridized carbons (Fsp3) is 0.385. The molecule has 2 amide bonds. The van der Waals surface area contributed by atoms with E-state index < -0.39 is 0 Å². The first-order valence-electron chi connectivity index (χ1n) is 11.6. The molecule has 3 rings (SSSR count). The molecular formula is C26H30Cl2N4O2S2. The minimum absolute atomic E-state index is 0.0249. The second-order valence-corrected chi connectivity index (χ2v) is 11.9.